The highest BCUT2D eigenvalue weighted by Gasteiger charge is 2.33. The van der Waals surface area contributed by atoms with E-state index in [2.05, 4.69) is 15.6 Å². The number of nitrogens with one attached hydrogen (secondary N) is 2. The molecule has 0 aliphatic carbocycles. The van der Waals surface area contributed by atoms with Crippen LogP contribution in [0.1, 0.15) is 30.9 Å². The molecule has 8 nitrogen and oxygen atoms in total. The van der Waals surface area contributed by atoms with E-state index >= 15 is 0 Å². The standard InChI is InChI=1S/C23H30F4N6O2/c1-16(34)28-21-6-9-33(29-21)22(35)32-12-10-30(11-13-32)15-17-2-3-18(23(25,26)27)14-20(17)31-7-4-19(24)5-8-31/h2-3,6,9,14,19,21,29H,4-5,7-8,10-13,15H2,1H3,(H,28,34). The quantitative estimate of drug-likeness (QED) is 0.625. The van der Waals surface area contributed by atoms with E-state index in [4.69, 9.17) is 0 Å². The van der Waals surface area contributed by atoms with Crippen LogP contribution in [0.4, 0.5) is 28.0 Å². The molecule has 2 fully saturated rings. The molecule has 12 heteroatoms. The van der Waals surface area contributed by atoms with Crippen LogP contribution in [-0.2, 0) is 17.5 Å². The van der Waals surface area contributed by atoms with Crippen LogP contribution in [0.15, 0.2) is 30.5 Å². The first-order chi connectivity index (χ1) is 16.6. The Balaban J connectivity index is 1.37. The van der Waals surface area contributed by atoms with Crippen molar-refractivity contribution in [1.82, 2.24) is 25.6 Å². The summed E-state index contributed by atoms with van der Waals surface area (Å²) in [6.07, 6.45) is -1.96. The zero-order valence-electron chi connectivity index (χ0n) is 19.5. The van der Waals surface area contributed by atoms with Gasteiger partial charge in [-0.2, -0.15) is 13.2 Å². The molecular weight excluding hydrogens is 468 g/mol. The summed E-state index contributed by atoms with van der Waals surface area (Å²) in [5.74, 6) is -0.216. The van der Waals surface area contributed by atoms with Crippen LogP contribution in [-0.4, -0.2) is 78.4 Å². The Hall–Kier alpha value is -2.86. The summed E-state index contributed by atoms with van der Waals surface area (Å²) >= 11 is 0. The van der Waals surface area contributed by atoms with Gasteiger partial charge in [-0.1, -0.05) is 6.07 Å². The SMILES string of the molecule is CC(=O)NC1C=CN(C(=O)N2CCN(Cc3ccc(C(F)(F)F)cc3N3CCC(F)CC3)CC2)N1. The molecule has 3 amide bonds. The van der Waals surface area contributed by atoms with Gasteiger partial charge in [-0.3, -0.25) is 9.69 Å². The Bertz CT molecular complexity index is 956. The van der Waals surface area contributed by atoms with Gasteiger partial charge in [-0.15, -0.1) is 0 Å². The van der Waals surface area contributed by atoms with E-state index in [9.17, 15) is 27.2 Å². The van der Waals surface area contributed by atoms with E-state index in [1.807, 2.05) is 4.90 Å². The van der Waals surface area contributed by atoms with Gasteiger partial charge in [0.1, 0.15) is 12.3 Å². The maximum atomic E-state index is 13.6. The topological polar surface area (TPSA) is 71.2 Å². The average molecular weight is 499 g/mol. The lowest BCUT2D eigenvalue weighted by molar-refractivity contribution is -0.137. The number of hydrogen-bond donors (Lipinski definition) is 2. The fourth-order valence-corrected chi connectivity index (χ4v) is 4.57. The minimum absolute atomic E-state index is 0.216. The number of urea groups is 1. The number of halogens is 4. The predicted octanol–water partition coefficient (Wildman–Crippen LogP) is 2.68. The van der Waals surface area contributed by atoms with Crippen molar-refractivity contribution in [2.24, 2.45) is 0 Å². The highest BCUT2D eigenvalue weighted by Crippen LogP contribution is 2.35. The first kappa shape index (κ1) is 25.2. The van der Waals surface area contributed by atoms with Crippen molar-refractivity contribution in [3.63, 3.8) is 0 Å². The predicted molar refractivity (Wildman–Crippen MR) is 122 cm³/mol. The van der Waals surface area contributed by atoms with Crippen LogP contribution >= 0.6 is 0 Å². The van der Waals surface area contributed by atoms with E-state index < -0.39 is 24.1 Å². The first-order valence-corrected chi connectivity index (χ1v) is 11.7. The summed E-state index contributed by atoms with van der Waals surface area (Å²) in [5.41, 5.74) is 3.45. The largest absolute Gasteiger partial charge is 0.416 e. The van der Waals surface area contributed by atoms with Crippen LogP contribution in [0.5, 0.6) is 0 Å². The van der Waals surface area contributed by atoms with Gasteiger partial charge in [0, 0.05) is 64.6 Å². The summed E-state index contributed by atoms with van der Waals surface area (Å²) in [5, 5.41) is 3.99. The monoisotopic (exact) mass is 498 g/mol. The van der Waals surface area contributed by atoms with Crippen LogP contribution < -0.4 is 15.6 Å². The molecule has 0 radical (unpaired) electrons. The van der Waals surface area contributed by atoms with Crippen LogP contribution in [0.25, 0.3) is 0 Å². The van der Waals surface area contributed by atoms with Gasteiger partial charge in [0.05, 0.1) is 5.56 Å². The smallest absolute Gasteiger partial charge is 0.371 e. The second-order valence-corrected chi connectivity index (χ2v) is 9.07. The molecule has 192 valence electrons. The van der Waals surface area contributed by atoms with Gasteiger partial charge < -0.3 is 15.1 Å². The fourth-order valence-electron chi connectivity index (χ4n) is 4.57. The van der Waals surface area contributed by atoms with Gasteiger partial charge >= 0.3 is 12.2 Å². The number of anilines is 1. The lowest BCUT2D eigenvalue weighted by atomic mass is 10.0. The van der Waals surface area contributed by atoms with E-state index in [-0.39, 0.29) is 11.9 Å². The number of carbonyl (C=O) groups excluding carboxylic acids is 2. The van der Waals surface area contributed by atoms with E-state index in [1.165, 1.54) is 24.1 Å². The Morgan fingerprint density at radius 1 is 1.09 bits per heavy atom. The molecule has 0 aromatic heterocycles. The molecule has 3 aliphatic rings. The molecule has 0 spiro atoms. The number of carbonyl (C=O) groups is 2. The number of hydrazine groups is 1. The Morgan fingerprint density at radius 3 is 2.40 bits per heavy atom. The number of nitrogens with zero attached hydrogens (tertiary/aromatic N) is 4. The molecule has 3 aliphatic heterocycles. The summed E-state index contributed by atoms with van der Waals surface area (Å²) in [7, 11) is 0. The minimum Gasteiger partial charge on any atom is -0.371 e. The number of benzene rings is 1. The van der Waals surface area contributed by atoms with Crippen molar-refractivity contribution >= 4 is 17.6 Å². The summed E-state index contributed by atoms with van der Waals surface area (Å²) in [6.45, 7) is 4.64. The fraction of sp³-hybridized carbons (Fsp3) is 0.565. The molecule has 1 atom stereocenters. The van der Waals surface area contributed by atoms with E-state index in [1.54, 1.807) is 17.2 Å². The highest BCUT2D eigenvalue weighted by atomic mass is 19.4. The second kappa shape index (κ2) is 10.4. The molecule has 3 heterocycles. The third-order valence-electron chi connectivity index (χ3n) is 6.49. The van der Waals surface area contributed by atoms with Gasteiger partial charge in [-0.05, 0) is 36.6 Å². The van der Waals surface area contributed by atoms with Gasteiger partial charge in [0.15, 0.2) is 0 Å². The Kier molecular flexibility index (Phi) is 7.50. The van der Waals surface area contributed by atoms with Gasteiger partial charge in [-0.25, -0.2) is 19.6 Å². The summed E-state index contributed by atoms with van der Waals surface area (Å²) in [6, 6.07) is 3.54. The number of piperazine rings is 1. The van der Waals surface area contributed by atoms with Crippen molar-refractivity contribution < 1.29 is 27.2 Å². The molecule has 0 bridgehead atoms. The molecule has 35 heavy (non-hydrogen) atoms. The molecule has 0 saturated carbocycles. The second-order valence-electron chi connectivity index (χ2n) is 9.07. The van der Waals surface area contributed by atoms with Gasteiger partial charge in [0.2, 0.25) is 5.91 Å². The van der Waals surface area contributed by atoms with Crippen molar-refractivity contribution in [2.45, 2.75) is 44.8 Å². The lowest BCUT2D eigenvalue weighted by Crippen LogP contribution is -2.55. The molecule has 2 N–H and O–H groups in total. The Labute approximate surface area is 201 Å². The van der Waals surface area contributed by atoms with Crippen molar-refractivity contribution in [2.75, 3.05) is 44.2 Å². The highest BCUT2D eigenvalue weighted by molar-refractivity contribution is 5.76. The number of amides is 3. The molecule has 1 unspecified atom stereocenters. The lowest BCUT2D eigenvalue weighted by Gasteiger charge is -2.37. The zero-order chi connectivity index (χ0) is 25.2. The van der Waals surface area contributed by atoms with Gasteiger partial charge in [0.25, 0.3) is 0 Å². The van der Waals surface area contributed by atoms with Crippen LogP contribution in [0.2, 0.25) is 0 Å². The molecule has 1 aromatic rings. The van der Waals surface area contributed by atoms with Crippen LogP contribution in [0.3, 0.4) is 0 Å². The zero-order valence-corrected chi connectivity index (χ0v) is 19.5. The first-order valence-electron chi connectivity index (χ1n) is 11.7. The number of rotatable bonds is 4. The maximum absolute atomic E-state index is 13.6. The summed E-state index contributed by atoms with van der Waals surface area (Å²) in [4.78, 5) is 29.6. The molecule has 2 saturated heterocycles. The number of piperidine rings is 1. The average Bonchev–Trinajstić information content (AvgIpc) is 3.27. The number of alkyl halides is 4. The van der Waals surface area contributed by atoms with E-state index in [0.717, 1.165) is 11.6 Å². The molecule has 4 rings (SSSR count). The van der Waals surface area contributed by atoms with Crippen molar-refractivity contribution in [3.05, 3.63) is 41.6 Å². The number of hydrogen-bond acceptors (Lipinski definition) is 5. The minimum atomic E-state index is -4.45. The molecule has 1 aromatic carbocycles. The third kappa shape index (κ3) is 6.23. The maximum Gasteiger partial charge on any atom is 0.416 e. The summed E-state index contributed by atoms with van der Waals surface area (Å²) < 4.78 is 53.7. The third-order valence-corrected chi connectivity index (χ3v) is 6.49. The van der Waals surface area contributed by atoms with E-state index in [0.29, 0.717) is 64.3 Å². The van der Waals surface area contributed by atoms with Crippen molar-refractivity contribution in [1.29, 1.82) is 0 Å². The van der Waals surface area contributed by atoms with Crippen LogP contribution in [0, 0.1) is 0 Å². The normalized spacial score (nSPS) is 22.1. The Morgan fingerprint density at radius 2 is 1.77 bits per heavy atom. The molecular formula is C23H30F4N6O2. The van der Waals surface area contributed by atoms with Crippen molar-refractivity contribution in [3.8, 4) is 0 Å².